The van der Waals surface area contributed by atoms with Crippen molar-refractivity contribution in [2.75, 3.05) is 11.9 Å². The van der Waals surface area contributed by atoms with Crippen LogP contribution in [-0.2, 0) is 4.79 Å². The number of carbonyl (C=O) groups is 1. The van der Waals surface area contributed by atoms with Gasteiger partial charge in [0, 0.05) is 0 Å². The minimum absolute atomic E-state index is 0.168. The van der Waals surface area contributed by atoms with E-state index in [9.17, 15) is 14.4 Å². The van der Waals surface area contributed by atoms with E-state index in [1.807, 2.05) is 37.9 Å². The minimum atomic E-state index is -0.728. The third-order valence-corrected chi connectivity index (χ3v) is 2.83. The van der Waals surface area contributed by atoms with Gasteiger partial charge in [0.15, 0.2) is 0 Å². The summed E-state index contributed by atoms with van der Waals surface area (Å²) in [6.45, 7) is 5.64. The molecule has 0 radical (unpaired) electrons. The molecule has 0 saturated heterocycles. The van der Waals surface area contributed by atoms with Crippen LogP contribution in [0.2, 0.25) is 0 Å². The first-order valence-electron chi connectivity index (χ1n) is 7.77. The number of aromatic nitrogens is 3. The zero-order valence-electron chi connectivity index (χ0n) is 14.6. The van der Waals surface area contributed by atoms with Crippen LogP contribution in [0.5, 0.6) is 5.75 Å². The molecule has 4 N–H and O–H groups in total. The molecule has 10 nitrogen and oxygen atoms in total. The van der Waals surface area contributed by atoms with E-state index in [0.717, 1.165) is 11.3 Å². The molecule has 138 valence electrons. The third-order valence-electron chi connectivity index (χ3n) is 2.83. The Kier molecular flexibility index (Phi) is 5.89. The maximum atomic E-state index is 11.7. The Labute approximate surface area is 148 Å². The van der Waals surface area contributed by atoms with E-state index < -0.39 is 17.2 Å². The van der Waals surface area contributed by atoms with Gasteiger partial charge in [0.05, 0.1) is 12.8 Å². The number of ether oxygens (including phenoxy) is 1. The van der Waals surface area contributed by atoms with Crippen molar-refractivity contribution in [1.82, 2.24) is 20.6 Å². The van der Waals surface area contributed by atoms with Gasteiger partial charge in [0.2, 0.25) is 5.82 Å². The first kappa shape index (κ1) is 18.9. The average Bonchev–Trinajstić information content (AvgIpc) is 2.54. The van der Waals surface area contributed by atoms with E-state index >= 15 is 0 Å². The third kappa shape index (κ3) is 6.23. The van der Waals surface area contributed by atoms with Gasteiger partial charge < -0.3 is 10.1 Å². The number of hydrogen-bond donors (Lipinski definition) is 4. The molecule has 1 aromatic carbocycles. The fourth-order valence-corrected chi connectivity index (χ4v) is 1.83. The molecule has 0 aliphatic carbocycles. The Morgan fingerprint density at radius 2 is 1.96 bits per heavy atom. The maximum absolute atomic E-state index is 11.7. The highest BCUT2D eigenvalue weighted by Gasteiger charge is 2.11. The number of carbonyl (C=O) groups excluding carboxylic acids is 1. The smallest absolute Gasteiger partial charge is 0.342 e. The first-order valence-corrected chi connectivity index (χ1v) is 7.77. The Morgan fingerprint density at radius 1 is 1.27 bits per heavy atom. The quantitative estimate of drug-likeness (QED) is 0.428. The van der Waals surface area contributed by atoms with Crippen LogP contribution in [0.25, 0.3) is 0 Å². The fourth-order valence-electron chi connectivity index (χ4n) is 1.83. The molecule has 2 rings (SSSR count). The van der Waals surface area contributed by atoms with E-state index in [1.165, 1.54) is 6.21 Å². The molecule has 0 spiro atoms. The molecule has 1 aromatic heterocycles. The molecule has 1 amide bonds. The number of nitrogens with one attached hydrogen (secondary N) is 4. The first-order chi connectivity index (χ1) is 12.2. The van der Waals surface area contributed by atoms with Gasteiger partial charge in [0.1, 0.15) is 11.4 Å². The van der Waals surface area contributed by atoms with Crippen molar-refractivity contribution in [1.29, 1.82) is 0 Å². The number of H-pyrrole nitrogens is 2. The van der Waals surface area contributed by atoms with Crippen LogP contribution in [0.1, 0.15) is 26.3 Å². The molecule has 0 aliphatic rings. The van der Waals surface area contributed by atoms with Crippen LogP contribution in [0.3, 0.4) is 0 Å². The normalized spacial score (nSPS) is 11.3. The monoisotopic (exact) mass is 360 g/mol. The lowest BCUT2D eigenvalue weighted by Gasteiger charge is -2.21. The summed E-state index contributed by atoms with van der Waals surface area (Å²) >= 11 is 0. The van der Waals surface area contributed by atoms with Crippen molar-refractivity contribution in [3.05, 3.63) is 50.7 Å². The average molecular weight is 360 g/mol. The summed E-state index contributed by atoms with van der Waals surface area (Å²) in [6.07, 6.45) is 1.48. The van der Waals surface area contributed by atoms with Gasteiger partial charge in [-0.25, -0.2) is 15.3 Å². The summed E-state index contributed by atoms with van der Waals surface area (Å²) in [5.41, 5.74) is 1.36. The van der Waals surface area contributed by atoms with Gasteiger partial charge in [-0.1, -0.05) is 0 Å². The Morgan fingerprint density at radius 3 is 2.58 bits per heavy atom. The van der Waals surface area contributed by atoms with Crippen molar-refractivity contribution >= 4 is 17.9 Å². The van der Waals surface area contributed by atoms with E-state index in [2.05, 4.69) is 26.0 Å². The lowest BCUT2D eigenvalue weighted by Crippen LogP contribution is -2.31. The predicted molar refractivity (Wildman–Crippen MR) is 96.5 cm³/mol. The molecule has 0 unspecified atom stereocenters. The number of amides is 1. The maximum Gasteiger partial charge on any atom is 0.342 e. The fraction of sp³-hybridized carbons (Fsp3) is 0.312. The van der Waals surface area contributed by atoms with E-state index in [4.69, 9.17) is 4.74 Å². The van der Waals surface area contributed by atoms with Gasteiger partial charge in [-0.3, -0.25) is 14.6 Å². The number of hydrogen-bond acceptors (Lipinski definition) is 7. The highest BCUT2D eigenvalue weighted by Crippen LogP contribution is 2.17. The zero-order valence-corrected chi connectivity index (χ0v) is 14.6. The summed E-state index contributed by atoms with van der Waals surface area (Å²) in [7, 11) is 0. The summed E-state index contributed by atoms with van der Waals surface area (Å²) in [5, 5.41) is 11.9. The van der Waals surface area contributed by atoms with Crippen LogP contribution in [-0.4, -0.2) is 39.4 Å². The number of aromatic amines is 2. The Balaban J connectivity index is 1.83. The van der Waals surface area contributed by atoms with Gasteiger partial charge in [-0.15, -0.1) is 5.10 Å². The molecule has 26 heavy (non-hydrogen) atoms. The summed E-state index contributed by atoms with van der Waals surface area (Å²) in [5.74, 6) is 0.0843. The molecule has 2 aromatic rings. The number of anilines is 1. The molecule has 10 heteroatoms. The van der Waals surface area contributed by atoms with Crippen LogP contribution in [0.4, 0.5) is 5.82 Å². The number of rotatable bonds is 6. The van der Waals surface area contributed by atoms with Gasteiger partial charge in [0.25, 0.3) is 11.5 Å². The second kappa shape index (κ2) is 8.10. The van der Waals surface area contributed by atoms with E-state index in [-0.39, 0.29) is 18.0 Å². The Hall–Kier alpha value is -3.43. The largest absolute Gasteiger partial charge is 0.488 e. The lowest BCUT2D eigenvalue weighted by atomic mass is 10.2. The van der Waals surface area contributed by atoms with Crippen LogP contribution in [0, 0.1) is 0 Å². The molecule has 0 bridgehead atoms. The SMILES string of the molecule is CC(C)(C)Oc1ccc(/C=N/NC(=O)CNc2n[nH]c(=O)[nH]c2=O)cc1. The molecule has 0 atom stereocenters. The van der Waals surface area contributed by atoms with Gasteiger partial charge >= 0.3 is 5.69 Å². The highest BCUT2D eigenvalue weighted by molar-refractivity contribution is 5.84. The summed E-state index contributed by atoms with van der Waals surface area (Å²) in [4.78, 5) is 35.9. The second-order valence-corrected chi connectivity index (χ2v) is 6.29. The topological polar surface area (TPSA) is 141 Å². The van der Waals surface area contributed by atoms with Crippen molar-refractivity contribution in [3.63, 3.8) is 0 Å². The lowest BCUT2D eigenvalue weighted by molar-refractivity contribution is -0.119. The van der Waals surface area contributed by atoms with Crippen molar-refractivity contribution in [2.24, 2.45) is 5.10 Å². The van der Waals surface area contributed by atoms with Crippen LogP contribution >= 0.6 is 0 Å². The van der Waals surface area contributed by atoms with Crippen LogP contribution < -0.4 is 26.7 Å². The molecular weight excluding hydrogens is 340 g/mol. The molecule has 0 aliphatic heterocycles. The summed E-state index contributed by atoms with van der Waals surface area (Å²) < 4.78 is 5.71. The van der Waals surface area contributed by atoms with Crippen LogP contribution in [0.15, 0.2) is 39.0 Å². The van der Waals surface area contributed by atoms with E-state index in [1.54, 1.807) is 12.1 Å². The molecule has 0 fully saturated rings. The Bertz CT molecular complexity index is 892. The standard InChI is InChI=1S/C16H20N6O4/c1-16(2,3)26-11-6-4-10(5-7-11)8-18-20-12(23)9-17-13-14(24)19-15(25)22-21-13/h4-8H,9H2,1-3H3,(H,17,21)(H,20,23)(H2,19,22,24,25)/b18-8+. The highest BCUT2D eigenvalue weighted by atomic mass is 16.5. The predicted octanol–water partition coefficient (Wildman–Crippen LogP) is 0.198. The van der Waals surface area contributed by atoms with Crippen molar-refractivity contribution in [2.45, 2.75) is 26.4 Å². The number of hydrazone groups is 1. The zero-order chi connectivity index (χ0) is 19.2. The summed E-state index contributed by atoms with van der Waals surface area (Å²) in [6, 6.07) is 7.23. The molecule has 0 saturated carbocycles. The van der Waals surface area contributed by atoms with Gasteiger partial charge in [-0.2, -0.15) is 5.10 Å². The van der Waals surface area contributed by atoms with Gasteiger partial charge in [-0.05, 0) is 50.6 Å². The minimum Gasteiger partial charge on any atom is -0.488 e. The second-order valence-electron chi connectivity index (χ2n) is 6.29. The molecule has 1 heterocycles. The number of benzene rings is 1. The number of nitrogens with zero attached hydrogens (tertiary/aromatic N) is 2. The molecular formula is C16H20N6O4. The van der Waals surface area contributed by atoms with Crippen molar-refractivity contribution < 1.29 is 9.53 Å². The van der Waals surface area contributed by atoms with E-state index in [0.29, 0.717) is 0 Å². The van der Waals surface area contributed by atoms with Crippen molar-refractivity contribution in [3.8, 4) is 5.75 Å².